The van der Waals surface area contributed by atoms with Gasteiger partial charge in [0.1, 0.15) is 18.2 Å². The summed E-state index contributed by atoms with van der Waals surface area (Å²) in [6.07, 6.45) is 0.299. The Morgan fingerprint density at radius 3 is 2.60 bits per heavy atom. The summed E-state index contributed by atoms with van der Waals surface area (Å²) in [7, 11) is -3.40. The van der Waals surface area contributed by atoms with E-state index in [-0.39, 0.29) is 35.6 Å². The quantitative estimate of drug-likeness (QED) is 0.649. The van der Waals surface area contributed by atoms with Crippen LogP contribution >= 0.6 is 0 Å². The molecular formula is C17H16F3NO3S. The van der Waals surface area contributed by atoms with Gasteiger partial charge in [0.2, 0.25) is 0 Å². The van der Waals surface area contributed by atoms with Crippen LogP contribution < -0.4 is 10.1 Å². The number of rotatable bonds is 5. The Morgan fingerprint density at radius 2 is 1.80 bits per heavy atom. The lowest BCUT2D eigenvalue weighted by Gasteiger charge is -2.26. The van der Waals surface area contributed by atoms with Crippen LogP contribution in [-0.2, 0) is 9.84 Å². The highest BCUT2D eigenvalue weighted by molar-refractivity contribution is 7.91. The van der Waals surface area contributed by atoms with Gasteiger partial charge in [-0.2, -0.15) is 0 Å². The maximum absolute atomic E-state index is 13.5. The minimum atomic E-state index is -3.40. The molecule has 25 heavy (non-hydrogen) atoms. The first-order chi connectivity index (χ1) is 11.9. The normalized spacial score (nSPS) is 18.6. The third-order valence-electron chi connectivity index (χ3n) is 4.00. The fourth-order valence-corrected chi connectivity index (χ4v) is 4.41. The molecule has 0 radical (unpaired) electrons. The van der Waals surface area contributed by atoms with Crippen molar-refractivity contribution in [3.63, 3.8) is 0 Å². The molecule has 0 aliphatic carbocycles. The Bertz CT molecular complexity index is 887. The highest BCUT2D eigenvalue weighted by atomic mass is 32.2. The monoisotopic (exact) mass is 371 g/mol. The van der Waals surface area contributed by atoms with Crippen molar-refractivity contribution in [2.75, 3.05) is 18.9 Å². The molecule has 0 bridgehead atoms. The summed E-state index contributed by atoms with van der Waals surface area (Å²) in [6, 6.07) is 6.16. The number of fused-ring (bicyclic) bond motifs is 1. The average Bonchev–Trinajstić information content (AvgIpc) is 2.56. The zero-order valence-corrected chi connectivity index (χ0v) is 14.0. The van der Waals surface area contributed by atoms with Crippen molar-refractivity contribution in [1.29, 1.82) is 0 Å². The van der Waals surface area contributed by atoms with E-state index in [9.17, 15) is 21.6 Å². The van der Waals surface area contributed by atoms with E-state index in [4.69, 9.17) is 4.74 Å². The molecule has 0 aromatic heterocycles. The summed E-state index contributed by atoms with van der Waals surface area (Å²) in [5.74, 6) is -2.02. The molecule has 0 saturated heterocycles. The van der Waals surface area contributed by atoms with Gasteiger partial charge in [0.15, 0.2) is 21.4 Å². The zero-order chi connectivity index (χ0) is 18.0. The second-order valence-electron chi connectivity index (χ2n) is 5.72. The number of hydrogen-bond acceptors (Lipinski definition) is 4. The van der Waals surface area contributed by atoms with Gasteiger partial charge >= 0.3 is 0 Å². The minimum absolute atomic E-state index is 0.0390. The molecule has 0 spiro atoms. The van der Waals surface area contributed by atoms with Crippen molar-refractivity contribution >= 4 is 9.84 Å². The van der Waals surface area contributed by atoms with Gasteiger partial charge in [-0.3, -0.25) is 0 Å². The predicted molar refractivity (Wildman–Crippen MR) is 85.7 cm³/mol. The molecule has 1 N–H and O–H groups in total. The SMILES string of the molecule is O=S1(=O)CCC(NCCOc2cc(F)ccc2F)c2cc(F)ccc21. The van der Waals surface area contributed by atoms with Crippen LogP contribution in [0.15, 0.2) is 41.3 Å². The first kappa shape index (κ1) is 17.8. The summed E-state index contributed by atoms with van der Waals surface area (Å²) in [4.78, 5) is 0.120. The Labute approximate surface area is 143 Å². The van der Waals surface area contributed by atoms with Gasteiger partial charge in [-0.25, -0.2) is 21.6 Å². The number of halogens is 3. The van der Waals surface area contributed by atoms with Crippen molar-refractivity contribution in [1.82, 2.24) is 5.32 Å². The molecule has 8 heteroatoms. The number of ether oxygens (including phenoxy) is 1. The molecule has 1 atom stereocenters. The second kappa shape index (κ2) is 7.05. The molecule has 0 amide bonds. The Kier molecular flexibility index (Phi) is 5.01. The Morgan fingerprint density at radius 1 is 1.08 bits per heavy atom. The maximum Gasteiger partial charge on any atom is 0.178 e. The van der Waals surface area contributed by atoms with Crippen LogP contribution in [0.4, 0.5) is 13.2 Å². The molecule has 1 aliphatic heterocycles. The summed E-state index contributed by atoms with van der Waals surface area (Å²) in [6.45, 7) is 0.310. The highest BCUT2D eigenvalue weighted by Crippen LogP contribution is 2.32. The molecular weight excluding hydrogens is 355 g/mol. The highest BCUT2D eigenvalue weighted by Gasteiger charge is 2.30. The van der Waals surface area contributed by atoms with Crippen LogP contribution in [-0.4, -0.2) is 27.3 Å². The summed E-state index contributed by atoms with van der Waals surface area (Å²) in [5.41, 5.74) is 0.378. The van der Waals surface area contributed by atoms with Crippen molar-refractivity contribution in [3.8, 4) is 5.75 Å². The smallest absolute Gasteiger partial charge is 0.178 e. The summed E-state index contributed by atoms with van der Waals surface area (Å²) < 4.78 is 69.3. The van der Waals surface area contributed by atoms with Gasteiger partial charge in [-0.15, -0.1) is 0 Å². The topological polar surface area (TPSA) is 55.4 Å². The molecule has 0 saturated carbocycles. The number of benzene rings is 2. The Balaban J connectivity index is 1.64. The van der Waals surface area contributed by atoms with E-state index >= 15 is 0 Å². The molecule has 134 valence electrons. The number of hydrogen-bond donors (Lipinski definition) is 1. The summed E-state index contributed by atoms with van der Waals surface area (Å²) >= 11 is 0. The average molecular weight is 371 g/mol. The summed E-state index contributed by atoms with van der Waals surface area (Å²) in [5, 5.41) is 3.07. The zero-order valence-electron chi connectivity index (χ0n) is 13.1. The maximum atomic E-state index is 13.5. The van der Waals surface area contributed by atoms with Gasteiger partial charge in [0, 0.05) is 18.7 Å². The van der Waals surface area contributed by atoms with E-state index in [0.29, 0.717) is 12.0 Å². The first-order valence-electron chi connectivity index (χ1n) is 7.70. The molecule has 2 aromatic rings. The minimum Gasteiger partial charge on any atom is -0.489 e. The lowest BCUT2D eigenvalue weighted by atomic mass is 10.0. The van der Waals surface area contributed by atoms with Gasteiger partial charge < -0.3 is 10.1 Å². The Hall–Kier alpha value is -2.06. The predicted octanol–water partition coefficient (Wildman–Crippen LogP) is 2.99. The molecule has 3 rings (SSSR count). The fourth-order valence-electron chi connectivity index (χ4n) is 2.81. The number of nitrogens with one attached hydrogen (secondary N) is 1. The van der Waals surface area contributed by atoms with Gasteiger partial charge in [0.05, 0.1) is 10.6 Å². The van der Waals surface area contributed by atoms with Crippen molar-refractivity contribution in [3.05, 3.63) is 59.4 Å². The van der Waals surface area contributed by atoms with E-state index in [1.165, 1.54) is 12.1 Å². The van der Waals surface area contributed by atoms with E-state index in [0.717, 1.165) is 24.3 Å². The third-order valence-corrected chi connectivity index (χ3v) is 5.82. The van der Waals surface area contributed by atoms with Crippen LogP contribution in [0.3, 0.4) is 0 Å². The van der Waals surface area contributed by atoms with E-state index in [1.54, 1.807) is 0 Å². The van der Waals surface area contributed by atoms with E-state index < -0.39 is 27.3 Å². The van der Waals surface area contributed by atoms with Gasteiger partial charge in [-0.1, -0.05) is 0 Å². The molecule has 1 aliphatic rings. The molecule has 0 fully saturated rings. The van der Waals surface area contributed by atoms with E-state index in [1.807, 2.05) is 0 Å². The van der Waals surface area contributed by atoms with Crippen LogP contribution in [0.25, 0.3) is 0 Å². The van der Waals surface area contributed by atoms with Crippen LogP contribution in [0.1, 0.15) is 18.0 Å². The molecule has 2 aromatic carbocycles. The fraction of sp³-hybridized carbons (Fsp3) is 0.294. The van der Waals surface area contributed by atoms with Crippen molar-refractivity contribution in [2.24, 2.45) is 0 Å². The standard InChI is InChI=1S/C17H16F3NO3S/c18-11-2-4-17-13(9-11)15(5-8-25(17,22)23)21-6-7-24-16-10-12(19)1-3-14(16)20/h1-4,9-10,15,21H,5-8H2. The molecule has 1 unspecified atom stereocenters. The van der Waals surface area contributed by atoms with Crippen molar-refractivity contribution in [2.45, 2.75) is 17.4 Å². The van der Waals surface area contributed by atoms with Crippen molar-refractivity contribution < 1.29 is 26.3 Å². The lowest BCUT2D eigenvalue weighted by molar-refractivity contribution is 0.288. The first-order valence-corrected chi connectivity index (χ1v) is 9.35. The van der Waals surface area contributed by atoms with Crippen LogP contribution in [0.5, 0.6) is 5.75 Å². The second-order valence-corrected chi connectivity index (χ2v) is 7.80. The molecule has 1 heterocycles. The van der Waals surface area contributed by atoms with Crippen LogP contribution in [0.2, 0.25) is 0 Å². The van der Waals surface area contributed by atoms with Gasteiger partial charge in [0.25, 0.3) is 0 Å². The molecule has 4 nitrogen and oxygen atoms in total. The lowest BCUT2D eigenvalue weighted by Crippen LogP contribution is -2.32. The van der Waals surface area contributed by atoms with Crippen LogP contribution in [0, 0.1) is 17.5 Å². The van der Waals surface area contributed by atoms with Gasteiger partial charge in [-0.05, 0) is 42.3 Å². The third kappa shape index (κ3) is 3.96. The largest absolute Gasteiger partial charge is 0.489 e. The van der Waals surface area contributed by atoms with E-state index in [2.05, 4.69) is 5.32 Å². The number of sulfone groups is 1.